The van der Waals surface area contributed by atoms with Crippen molar-refractivity contribution in [3.63, 3.8) is 0 Å². The Kier molecular flexibility index (Phi) is 2.04. The zero-order chi connectivity index (χ0) is 10.1. The summed E-state index contributed by atoms with van der Waals surface area (Å²) in [6.07, 6.45) is 0.545. The Balaban J connectivity index is 2.24. The summed E-state index contributed by atoms with van der Waals surface area (Å²) in [5.74, 6) is 0.343. The summed E-state index contributed by atoms with van der Waals surface area (Å²) in [5, 5.41) is 2.79. The molecule has 2 rings (SSSR count). The molecule has 5 N–H and O–H groups in total. The van der Waals surface area contributed by atoms with Crippen molar-refractivity contribution < 1.29 is 4.79 Å². The number of carbonyl (C=O) groups is 1. The van der Waals surface area contributed by atoms with E-state index in [1.165, 1.54) is 0 Å². The summed E-state index contributed by atoms with van der Waals surface area (Å²) >= 11 is 0. The number of rotatable bonds is 1. The maximum absolute atomic E-state index is 11.0. The summed E-state index contributed by atoms with van der Waals surface area (Å²) in [4.78, 5) is 11.0. The van der Waals surface area contributed by atoms with Crippen LogP contribution in [0.1, 0.15) is 17.9 Å². The first-order chi connectivity index (χ1) is 6.66. The molecule has 1 aromatic carbocycles. The molecule has 0 bridgehead atoms. The smallest absolute Gasteiger partial charge is 0.220 e. The molecule has 1 aromatic rings. The maximum atomic E-state index is 11.0. The van der Waals surface area contributed by atoms with Gasteiger partial charge in [0.1, 0.15) is 0 Å². The van der Waals surface area contributed by atoms with Gasteiger partial charge >= 0.3 is 0 Å². The maximum Gasteiger partial charge on any atom is 0.220 e. The van der Waals surface area contributed by atoms with E-state index in [1.807, 2.05) is 12.1 Å². The summed E-state index contributed by atoms with van der Waals surface area (Å²) in [7, 11) is 0. The van der Waals surface area contributed by atoms with Gasteiger partial charge in [0.05, 0.1) is 11.4 Å². The molecule has 14 heavy (non-hydrogen) atoms. The zero-order valence-corrected chi connectivity index (χ0v) is 7.79. The highest BCUT2D eigenvalue weighted by atomic mass is 16.1. The summed E-state index contributed by atoms with van der Waals surface area (Å²) in [5.41, 5.74) is 13.6. The first-order valence-electron chi connectivity index (χ1n) is 4.58. The van der Waals surface area contributed by atoms with Crippen LogP contribution in [0, 0.1) is 0 Å². The predicted octanol–water partition coefficient (Wildman–Crippen LogP) is 0.455. The molecule has 1 saturated heterocycles. The van der Waals surface area contributed by atoms with E-state index in [0.717, 1.165) is 5.56 Å². The molecule has 0 spiro atoms. The molecule has 74 valence electrons. The molecule has 1 unspecified atom stereocenters. The lowest BCUT2D eigenvalue weighted by Gasteiger charge is -2.09. The van der Waals surface area contributed by atoms with Crippen LogP contribution in [0.4, 0.5) is 11.4 Å². The molecular weight excluding hydrogens is 178 g/mol. The van der Waals surface area contributed by atoms with Crippen LogP contribution in [0.3, 0.4) is 0 Å². The van der Waals surface area contributed by atoms with Crippen LogP contribution in [0.5, 0.6) is 0 Å². The van der Waals surface area contributed by atoms with E-state index in [2.05, 4.69) is 5.32 Å². The van der Waals surface area contributed by atoms with Crippen LogP contribution in [0.15, 0.2) is 18.2 Å². The molecule has 1 aliphatic heterocycles. The van der Waals surface area contributed by atoms with Gasteiger partial charge in [-0.2, -0.15) is 0 Å². The summed E-state index contributed by atoms with van der Waals surface area (Å²) in [6, 6.07) is 5.56. The Morgan fingerprint density at radius 2 is 2.07 bits per heavy atom. The molecule has 1 amide bonds. The number of hydrogen-bond donors (Lipinski definition) is 3. The molecule has 0 saturated carbocycles. The second-order valence-electron chi connectivity index (χ2n) is 3.59. The number of hydrogen-bond acceptors (Lipinski definition) is 3. The fraction of sp³-hybridized carbons (Fsp3) is 0.300. The van der Waals surface area contributed by atoms with Gasteiger partial charge in [-0.25, -0.2) is 0 Å². The van der Waals surface area contributed by atoms with Crippen molar-refractivity contribution >= 4 is 17.3 Å². The largest absolute Gasteiger partial charge is 0.397 e. The average molecular weight is 191 g/mol. The Hall–Kier alpha value is -1.71. The Morgan fingerprint density at radius 3 is 2.64 bits per heavy atom. The third-order valence-corrected chi connectivity index (χ3v) is 2.56. The quantitative estimate of drug-likeness (QED) is 0.564. The van der Waals surface area contributed by atoms with Crippen molar-refractivity contribution in [3.05, 3.63) is 23.8 Å². The normalized spacial score (nSPS) is 20.9. The van der Waals surface area contributed by atoms with Crippen LogP contribution in [0.2, 0.25) is 0 Å². The standard InChI is InChI=1S/C10H13N3O/c11-8-2-1-6(3-9(8)12)7-4-10(14)13-5-7/h1-3,7H,4-5,11-12H2,(H,13,14). The highest BCUT2D eigenvalue weighted by Gasteiger charge is 2.22. The molecule has 1 aliphatic rings. The topological polar surface area (TPSA) is 81.1 Å². The van der Waals surface area contributed by atoms with Crippen LogP contribution >= 0.6 is 0 Å². The van der Waals surface area contributed by atoms with Gasteiger partial charge in [0.15, 0.2) is 0 Å². The van der Waals surface area contributed by atoms with E-state index >= 15 is 0 Å². The molecular formula is C10H13N3O. The van der Waals surface area contributed by atoms with E-state index in [4.69, 9.17) is 11.5 Å². The predicted molar refractivity (Wildman–Crippen MR) is 55.6 cm³/mol. The monoisotopic (exact) mass is 191 g/mol. The lowest BCUT2D eigenvalue weighted by molar-refractivity contribution is -0.119. The van der Waals surface area contributed by atoms with Gasteiger partial charge in [-0.3, -0.25) is 4.79 Å². The van der Waals surface area contributed by atoms with Gasteiger partial charge in [-0.1, -0.05) is 6.07 Å². The van der Waals surface area contributed by atoms with Crippen LogP contribution < -0.4 is 16.8 Å². The highest BCUT2D eigenvalue weighted by Crippen LogP contribution is 2.26. The molecule has 0 aliphatic carbocycles. The number of anilines is 2. The summed E-state index contributed by atoms with van der Waals surface area (Å²) in [6.45, 7) is 0.697. The molecule has 0 aromatic heterocycles. The van der Waals surface area contributed by atoms with Crippen molar-refractivity contribution in [3.8, 4) is 0 Å². The average Bonchev–Trinajstić information content (AvgIpc) is 2.57. The van der Waals surface area contributed by atoms with Crippen LogP contribution in [-0.2, 0) is 4.79 Å². The molecule has 4 nitrogen and oxygen atoms in total. The third kappa shape index (κ3) is 1.51. The number of benzene rings is 1. The minimum atomic E-state index is 0.102. The molecule has 0 radical (unpaired) electrons. The van der Waals surface area contributed by atoms with Crippen LogP contribution in [0.25, 0.3) is 0 Å². The number of amides is 1. The second kappa shape index (κ2) is 3.21. The Labute approximate surface area is 82.3 Å². The number of nitrogens with two attached hydrogens (primary N) is 2. The van der Waals surface area contributed by atoms with Crippen molar-refractivity contribution in [2.24, 2.45) is 0 Å². The summed E-state index contributed by atoms with van der Waals surface area (Å²) < 4.78 is 0. The first-order valence-corrected chi connectivity index (χ1v) is 4.58. The lowest BCUT2D eigenvalue weighted by Crippen LogP contribution is -2.13. The van der Waals surface area contributed by atoms with Gasteiger partial charge in [0.25, 0.3) is 0 Å². The van der Waals surface area contributed by atoms with E-state index in [0.29, 0.717) is 24.3 Å². The fourth-order valence-electron chi connectivity index (χ4n) is 1.69. The Morgan fingerprint density at radius 1 is 1.29 bits per heavy atom. The van der Waals surface area contributed by atoms with Gasteiger partial charge < -0.3 is 16.8 Å². The van der Waals surface area contributed by atoms with Gasteiger partial charge in [-0.15, -0.1) is 0 Å². The van der Waals surface area contributed by atoms with Crippen LogP contribution in [-0.4, -0.2) is 12.5 Å². The van der Waals surface area contributed by atoms with Crippen molar-refractivity contribution in [2.75, 3.05) is 18.0 Å². The third-order valence-electron chi connectivity index (χ3n) is 2.56. The van der Waals surface area contributed by atoms with Gasteiger partial charge in [0.2, 0.25) is 5.91 Å². The van der Waals surface area contributed by atoms with E-state index < -0.39 is 0 Å². The number of nitrogen functional groups attached to an aromatic ring is 2. The van der Waals surface area contributed by atoms with Crippen molar-refractivity contribution in [2.45, 2.75) is 12.3 Å². The van der Waals surface area contributed by atoms with Crippen molar-refractivity contribution in [1.82, 2.24) is 5.32 Å². The molecule has 1 atom stereocenters. The zero-order valence-electron chi connectivity index (χ0n) is 7.79. The van der Waals surface area contributed by atoms with Gasteiger partial charge in [-0.05, 0) is 17.7 Å². The second-order valence-corrected chi connectivity index (χ2v) is 3.59. The van der Waals surface area contributed by atoms with Crippen molar-refractivity contribution in [1.29, 1.82) is 0 Å². The SMILES string of the molecule is Nc1ccc(C2CNC(=O)C2)cc1N. The number of nitrogens with one attached hydrogen (secondary N) is 1. The first kappa shape index (κ1) is 8.87. The molecule has 1 heterocycles. The minimum Gasteiger partial charge on any atom is -0.397 e. The van der Waals surface area contributed by atoms with Gasteiger partial charge in [0, 0.05) is 18.9 Å². The number of carbonyl (C=O) groups excluding carboxylic acids is 1. The van der Waals surface area contributed by atoms with E-state index in [-0.39, 0.29) is 11.8 Å². The fourth-order valence-corrected chi connectivity index (χ4v) is 1.69. The van der Waals surface area contributed by atoms with E-state index in [1.54, 1.807) is 6.07 Å². The minimum absolute atomic E-state index is 0.102. The molecule has 1 fully saturated rings. The lowest BCUT2D eigenvalue weighted by atomic mass is 9.97. The Bertz CT molecular complexity index is 376. The highest BCUT2D eigenvalue weighted by molar-refractivity contribution is 5.79. The van der Waals surface area contributed by atoms with E-state index in [9.17, 15) is 4.79 Å². The molecule has 4 heteroatoms.